The highest BCUT2D eigenvalue weighted by Gasteiger charge is 2.38. The number of methoxy groups -OCH3 is 2. The quantitative estimate of drug-likeness (QED) is 0.0819. The molecule has 2 aromatic heterocycles. The highest BCUT2D eigenvalue weighted by atomic mass is 32.2. The molecule has 4 bridgehead atoms. The van der Waals surface area contributed by atoms with Crippen LogP contribution >= 0.6 is 47.0 Å². The number of aryl methyl sites for hydroxylation is 4. The lowest BCUT2D eigenvalue weighted by molar-refractivity contribution is -0.134. The highest BCUT2D eigenvalue weighted by Crippen LogP contribution is 2.38. The van der Waals surface area contributed by atoms with Crippen LogP contribution in [0.1, 0.15) is 58.8 Å². The van der Waals surface area contributed by atoms with Crippen molar-refractivity contribution in [2.24, 2.45) is 0 Å². The largest absolute Gasteiger partial charge is 0.453 e. The van der Waals surface area contributed by atoms with Crippen LogP contribution in [0.2, 0.25) is 0 Å². The van der Waals surface area contributed by atoms with Gasteiger partial charge in [-0.1, -0.05) is 48.5 Å². The van der Waals surface area contributed by atoms with Crippen LogP contribution in [0.5, 0.6) is 0 Å². The molecular weight excluding hydrogens is 937 g/mol. The minimum Gasteiger partial charge on any atom is -0.453 e. The van der Waals surface area contributed by atoms with Crippen LogP contribution in [0.3, 0.4) is 0 Å². The Morgan fingerprint density at radius 2 is 1.09 bits per heavy atom. The monoisotopic (exact) mass is 992 g/mol. The number of hydrogen-bond acceptors (Lipinski definition) is 12. The maximum atomic E-state index is 13.8. The molecular formula is C50H56N8O6S4. The lowest BCUT2D eigenvalue weighted by Crippen LogP contribution is -2.48. The number of ether oxygens (including phenoxy) is 2. The van der Waals surface area contributed by atoms with Crippen molar-refractivity contribution >= 4 is 93.1 Å². The third-order valence-electron chi connectivity index (χ3n) is 13.1. The van der Waals surface area contributed by atoms with E-state index in [9.17, 15) is 19.2 Å². The van der Waals surface area contributed by atoms with Gasteiger partial charge < -0.3 is 39.9 Å². The van der Waals surface area contributed by atoms with E-state index in [0.717, 1.165) is 82.0 Å². The van der Waals surface area contributed by atoms with Gasteiger partial charge in [0, 0.05) is 11.5 Å². The van der Waals surface area contributed by atoms with Crippen molar-refractivity contribution in [3.8, 4) is 22.3 Å². The van der Waals surface area contributed by atoms with Crippen LogP contribution in [0.4, 0.5) is 9.59 Å². The molecule has 0 spiro atoms. The smallest absolute Gasteiger partial charge is 0.407 e. The number of imidazole rings is 2. The van der Waals surface area contributed by atoms with Gasteiger partial charge in [-0.15, -0.1) is 23.5 Å². The van der Waals surface area contributed by atoms with E-state index in [0.29, 0.717) is 36.1 Å². The summed E-state index contributed by atoms with van der Waals surface area (Å²) in [7, 11) is 2.62. The molecule has 0 saturated carbocycles. The molecule has 2 fully saturated rings. The lowest BCUT2D eigenvalue weighted by atomic mass is 9.87. The molecule has 4 amide bonds. The van der Waals surface area contributed by atoms with Crippen LogP contribution in [0, 0.1) is 0 Å². The molecule has 4 heterocycles. The number of carbonyl (C=O) groups excluding carboxylic acids is 4. The van der Waals surface area contributed by atoms with Crippen LogP contribution in [-0.2, 0) is 44.7 Å². The first kappa shape index (κ1) is 47.8. The molecule has 6 aromatic rings. The summed E-state index contributed by atoms with van der Waals surface area (Å²) in [6, 6.07) is 24.8. The number of H-pyrrole nitrogens is 2. The van der Waals surface area contributed by atoms with E-state index in [1.807, 2.05) is 22.3 Å². The van der Waals surface area contributed by atoms with Crippen molar-refractivity contribution in [1.82, 2.24) is 40.4 Å². The fourth-order valence-corrected chi connectivity index (χ4v) is 12.6. The predicted molar refractivity (Wildman–Crippen MR) is 276 cm³/mol. The van der Waals surface area contributed by atoms with Crippen molar-refractivity contribution in [3.05, 3.63) is 107 Å². The maximum Gasteiger partial charge on any atom is 0.407 e. The third-order valence-corrected chi connectivity index (χ3v) is 16.4. The Morgan fingerprint density at radius 1 is 0.647 bits per heavy atom. The zero-order chi connectivity index (χ0) is 47.3. The van der Waals surface area contributed by atoms with E-state index < -0.39 is 24.3 Å². The van der Waals surface area contributed by atoms with Crippen LogP contribution < -0.4 is 10.6 Å². The number of nitrogens with zero attached hydrogens (tertiary/aromatic N) is 4. The van der Waals surface area contributed by atoms with Gasteiger partial charge in [-0.3, -0.25) is 9.59 Å². The van der Waals surface area contributed by atoms with Gasteiger partial charge in [0.05, 0.1) is 60.1 Å². The summed E-state index contributed by atoms with van der Waals surface area (Å²) >= 11 is 6.63. The molecule has 68 heavy (non-hydrogen) atoms. The average Bonchev–Trinajstić information content (AvgIpc) is 4.20. The predicted octanol–water partition coefficient (Wildman–Crippen LogP) is 8.76. The number of alkyl carbamates (subject to hydrolysis) is 2. The van der Waals surface area contributed by atoms with E-state index in [4.69, 9.17) is 19.4 Å². The molecule has 4 atom stereocenters. The number of amides is 4. The zero-order valence-corrected chi connectivity index (χ0v) is 41.9. The fourth-order valence-electron chi connectivity index (χ4n) is 9.36. The molecule has 18 heteroatoms. The number of rotatable bonds is 14. The van der Waals surface area contributed by atoms with Crippen LogP contribution in [0.15, 0.2) is 72.8 Å². The Morgan fingerprint density at radius 3 is 1.50 bits per heavy atom. The Hall–Kier alpha value is -5.30. The molecule has 2 aliphatic heterocycles. The summed E-state index contributed by atoms with van der Waals surface area (Å²) in [5, 5.41) is 5.50. The first-order valence-electron chi connectivity index (χ1n) is 22.8. The molecule has 4 aliphatic carbocycles. The van der Waals surface area contributed by atoms with Gasteiger partial charge in [0.1, 0.15) is 23.7 Å². The molecule has 2 saturated heterocycles. The molecule has 0 radical (unpaired) electrons. The van der Waals surface area contributed by atoms with E-state index >= 15 is 0 Å². The standard InChI is InChI=1S/C50H56N8O6S4/c1-63-49(61)55-39(17-19-65-3)47(59)57-27-67-25-43(57)45-51-37-15-13-33(23-41(37)53-45)35-21-29-5-9-31(35)11-7-30-6-10-32(12-8-29)36(22-30)34-14-16-38-42(24-34)54-46(52-38)44-26-68-28-58(44)48(60)40(18-20-66-4)56-50(62)64-2/h5-6,9-10,13-16,21-24,39-40,43-44H,7-8,11-12,17-20,25-28H2,1-4H3,(H,51,53)(H,52,54)(H,55,61)(H,56,62)/t39-,40-,43-,44-/m0/s1. The summed E-state index contributed by atoms with van der Waals surface area (Å²) in [5.74, 6) is 5.15. The van der Waals surface area contributed by atoms with Crippen molar-refractivity contribution in [3.63, 3.8) is 0 Å². The van der Waals surface area contributed by atoms with E-state index in [1.165, 1.54) is 47.6 Å². The summed E-state index contributed by atoms with van der Waals surface area (Å²) in [6.45, 7) is 0. The first-order valence-corrected chi connectivity index (χ1v) is 27.9. The zero-order valence-electron chi connectivity index (χ0n) is 38.6. The van der Waals surface area contributed by atoms with Gasteiger partial charge in [-0.05, 0) is 131 Å². The first-order chi connectivity index (χ1) is 33.1. The topological polar surface area (TPSA) is 175 Å². The van der Waals surface area contributed by atoms with Gasteiger partial charge in [0.2, 0.25) is 11.8 Å². The van der Waals surface area contributed by atoms with Crippen LogP contribution in [0.25, 0.3) is 44.3 Å². The SMILES string of the molecule is COC(=O)N[C@@H](CCSC)C(=O)N1CSC[C@H]1c1nc2ccc(-c3cc4ccc3CCc3ccc(c(-c5ccc6nc([C@@H]7CSCN7C(=O)[C@H](CCSC)NC(=O)OC)[nH]c6c5)c3)CC4)cc2[nH]1. The molecule has 6 aliphatic rings. The number of nitrogens with one attached hydrogen (secondary N) is 4. The maximum absolute atomic E-state index is 13.8. The summed E-state index contributed by atoms with van der Waals surface area (Å²) in [4.78, 5) is 72.8. The Bertz CT molecular complexity index is 2650. The molecule has 12 rings (SSSR count). The number of aromatic nitrogens is 4. The number of aromatic amines is 2. The third kappa shape index (κ3) is 10.3. The minimum absolute atomic E-state index is 0.130. The Kier molecular flexibility index (Phi) is 15.1. The normalized spacial score (nSPS) is 17.8. The minimum atomic E-state index is -0.676. The highest BCUT2D eigenvalue weighted by molar-refractivity contribution is 7.99. The summed E-state index contributed by atoms with van der Waals surface area (Å²) in [5.41, 5.74) is 13.3. The van der Waals surface area contributed by atoms with Gasteiger partial charge >= 0.3 is 12.2 Å². The van der Waals surface area contributed by atoms with Crippen molar-refractivity contribution < 1.29 is 28.7 Å². The van der Waals surface area contributed by atoms with Gasteiger partial charge in [-0.2, -0.15) is 23.5 Å². The van der Waals surface area contributed by atoms with Gasteiger partial charge in [0.25, 0.3) is 0 Å². The van der Waals surface area contributed by atoms with E-state index in [1.54, 1.807) is 47.0 Å². The number of thioether (sulfide) groups is 4. The molecule has 4 aromatic carbocycles. The van der Waals surface area contributed by atoms with Crippen molar-refractivity contribution in [1.29, 1.82) is 0 Å². The summed E-state index contributed by atoms with van der Waals surface area (Å²) < 4.78 is 9.67. The second-order valence-electron chi connectivity index (χ2n) is 17.3. The van der Waals surface area contributed by atoms with Crippen molar-refractivity contribution in [2.45, 2.75) is 62.7 Å². The molecule has 0 unspecified atom stereocenters. The molecule has 14 nitrogen and oxygen atoms in total. The number of hydrogen-bond donors (Lipinski definition) is 4. The van der Waals surface area contributed by atoms with E-state index in [2.05, 4.69) is 93.4 Å². The Labute approximate surface area is 413 Å². The second-order valence-corrected chi connectivity index (χ2v) is 21.2. The van der Waals surface area contributed by atoms with Crippen LogP contribution in [-0.4, -0.2) is 127 Å². The summed E-state index contributed by atoms with van der Waals surface area (Å²) in [6.07, 6.45) is 7.21. The fraction of sp³-hybridized carbons (Fsp3) is 0.400. The Balaban J connectivity index is 0.931. The van der Waals surface area contributed by atoms with Crippen molar-refractivity contribution in [2.75, 3.05) is 61.5 Å². The number of benzene rings is 4. The number of carbonyl (C=O) groups is 4. The number of fused-ring (bicyclic) bond motifs is 2. The molecule has 4 N–H and O–H groups in total. The molecule has 356 valence electrons. The lowest BCUT2D eigenvalue weighted by Gasteiger charge is -2.27. The van der Waals surface area contributed by atoms with Gasteiger partial charge in [-0.25, -0.2) is 19.6 Å². The van der Waals surface area contributed by atoms with Gasteiger partial charge in [0.15, 0.2) is 0 Å². The van der Waals surface area contributed by atoms with E-state index in [-0.39, 0.29) is 23.9 Å². The average molecular weight is 993 g/mol. The second kappa shape index (κ2) is 21.6.